The van der Waals surface area contributed by atoms with Gasteiger partial charge in [0.25, 0.3) is 0 Å². The average Bonchev–Trinajstić information content (AvgIpc) is 2.98. The standard InChI is InChI=1S/C16H22N2O3S/c1-2-20-14-6-4-3-5-13(14)17-15(19)18-9-7-16(8-10-18)21-11-12-22-16/h3-6H,2,7-12H2,1H3,(H,17,19). The zero-order chi connectivity index (χ0) is 15.4. The van der Waals surface area contributed by atoms with Gasteiger partial charge in [-0.2, -0.15) is 0 Å². The Hall–Kier alpha value is -1.40. The number of thioether (sulfide) groups is 1. The van der Waals surface area contributed by atoms with E-state index in [0.29, 0.717) is 12.4 Å². The number of piperidine rings is 1. The average molecular weight is 322 g/mol. The number of urea groups is 1. The van der Waals surface area contributed by atoms with Gasteiger partial charge in [-0.25, -0.2) is 4.79 Å². The Labute approximate surface area is 135 Å². The van der Waals surface area contributed by atoms with Crippen molar-refractivity contribution in [2.75, 3.05) is 37.4 Å². The lowest BCUT2D eigenvalue weighted by Gasteiger charge is -2.37. The second kappa shape index (κ2) is 6.79. The summed E-state index contributed by atoms with van der Waals surface area (Å²) in [6, 6.07) is 7.47. The van der Waals surface area contributed by atoms with Gasteiger partial charge in [0.1, 0.15) is 10.7 Å². The SMILES string of the molecule is CCOc1ccccc1NC(=O)N1CCC2(CC1)OCCS2. The molecule has 0 atom stereocenters. The van der Waals surface area contributed by atoms with Gasteiger partial charge in [-0.15, -0.1) is 11.8 Å². The number of likely N-dealkylation sites (tertiary alicyclic amines) is 1. The molecule has 2 fully saturated rings. The Balaban J connectivity index is 1.59. The highest BCUT2D eigenvalue weighted by Crippen LogP contribution is 2.41. The van der Waals surface area contributed by atoms with E-state index in [1.54, 1.807) is 0 Å². The van der Waals surface area contributed by atoms with Crippen LogP contribution in [-0.2, 0) is 4.74 Å². The van der Waals surface area contributed by atoms with E-state index < -0.39 is 0 Å². The number of hydrogen-bond donors (Lipinski definition) is 1. The van der Waals surface area contributed by atoms with Crippen molar-refractivity contribution in [3.8, 4) is 5.75 Å². The van der Waals surface area contributed by atoms with Crippen LogP contribution in [0.3, 0.4) is 0 Å². The lowest BCUT2D eigenvalue weighted by atomic mass is 10.1. The first-order valence-electron chi connectivity index (χ1n) is 7.78. The van der Waals surface area contributed by atoms with Crippen molar-refractivity contribution in [3.05, 3.63) is 24.3 Å². The van der Waals surface area contributed by atoms with Crippen LogP contribution in [0, 0.1) is 0 Å². The fraction of sp³-hybridized carbons (Fsp3) is 0.562. The molecule has 0 unspecified atom stereocenters. The van der Waals surface area contributed by atoms with Crippen molar-refractivity contribution < 1.29 is 14.3 Å². The van der Waals surface area contributed by atoms with E-state index in [1.165, 1.54) is 0 Å². The van der Waals surface area contributed by atoms with Gasteiger partial charge >= 0.3 is 6.03 Å². The fourth-order valence-electron chi connectivity index (χ4n) is 2.88. The number of carbonyl (C=O) groups is 1. The van der Waals surface area contributed by atoms with Crippen molar-refractivity contribution in [1.29, 1.82) is 0 Å². The van der Waals surface area contributed by atoms with Gasteiger partial charge in [0, 0.05) is 31.7 Å². The highest BCUT2D eigenvalue weighted by atomic mass is 32.2. The third-order valence-corrected chi connectivity index (χ3v) is 5.48. The monoisotopic (exact) mass is 322 g/mol. The number of amides is 2. The molecule has 3 rings (SSSR count). The fourth-order valence-corrected chi connectivity index (χ4v) is 4.06. The molecule has 22 heavy (non-hydrogen) atoms. The predicted molar refractivity (Wildman–Crippen MR) is 88.6 cm³/mol. The second-order valence-electron chi connectivity index (χ2n) is 5.45. The summed E-state index contributed by atoms with van der Waals surface area (Å²) >= 11 is 1.89. The van der Waals surface area contributed by atoms with Crippen molar-refractivity contribution in [1.82, 2.24) is 4.90 Å². The van der Waals surface area contributed by atoms with Crippen molar-refractivity contribution >= 4 is 23.5 Å². The summed E-state index contributed by atoms with van der Waals surface area (Å²) in [5.41, 5.74) is 0.723. The van der Waals surface area contributed by atoms with E-state index in [4.69, 9.17) is 9.47 Å². The predicted octanol–water partition coefficient (Wildman–Crippen LogP) is 3.17. The van der Waals surface area contributed by atoms with Gasteiger partial charge in [-0.1, -0.05) is 12.1 Å². The van der Waals surface area contributed by atoms with Gasteiger partial charge < -0.3 is 19.7 Å². The molecule has 2 saturated heterocycles. The van der Waals surface area contributed by atoms with E-state index in [9.17, 15) is 4.79 Å². The molecule has 0 bridgehead atoms. The van der Waals surface area contributed by atoms with Crippen molar-refractivity contribution in [2.24, 2.45) is 0 Å². The molecule has 2 heterocycles. The number of hydrogen-bond acceptors (Lipinski definition) is 4. The summed E-state index contributed by atoms with van der Waals surface area (Å²) in [7, 11) is 0. The minimum atomic E-state index is -0.0648. The second-order valence-corrected chi connectivity index (χ2v) is 6.89. The largest absolute Gasteiger partial charge is 0.492 e. The molecule has 6 heteroatoms. The number of carbonyl (C=O) groups excluding carboxylic acids is 1. The number of para-hydroxylation sites is 2. The molecule has 0 aliphatic carbocycles. The number of ether oxygens (including phenoxy) is 2. The highest BCUT2D eigenvalue weighted by Gasteiger charge is 2.40. The van der Waals surface area contributed by atoms with Crippen LogP contribution in [0.4, 0.5) is 10.5 Å². The maximum Gasteiger partial charge on any atom is 0.321 e. The maximum absolute atomic E-state index is 12.4. The first-order valence-corrected chi connectivity index (χ1v) is 8.77. The zero-order valence-electron chi connectivity index (χ0n) is 12.8. The van der Waals surface area contributed by atoms with Crippen LogP contribution in [0.25, 0.3) is 0 Å². The summed E-state index contributed by atoms with van der Waals surface area (Å²) in [6.45, 7) is 4.81. The van der Waals surface area contributed by atoms with Gasteiger partial charge in [-0.3, -0.25) is 0 Å². The Kier molecular flexibility index (Phi) is 4.78. The molecule has 1 aromatic rings. The van der Waals surface area contributed by atoms with Gasteiger partial charge in [-0.05, 0) is 19.1 Å². The number of nitrogens with one attached hydrogen (secondary N) is 1. The summed E-state index contributed by atoms with van der Waals surface area (Å²) in [5.74, 6) is 1.77. The Bertz CT molecular complexity index is 522. The van der Waals surface area contributed by atoms with Crippen LogP contribution in [-0.4, -0.2) is 47.9 Å². The quantitative estimate of drug-likeness (QED) is 0.928. The minimum Gasteiger partial charge on any atom is -0.492 e. The third kappa shape index (κ3) is 3.33. The first kappa shape index (κ1) is 15.5. The number of anilines is 1. The number of nitrogens with zero attached hydrogens (tertiary/aromatic N) is 1. The smallest absolute Gasteiger partial charge is 0.321 e. The third-order valence-electron chi connectivity index (χ3n) is 4.05. The van der Waals surface area contributed by atoms with E-state index in [-0.39, 0.29) is 11.0 Å². The molecule has 5 nitrogen and oxygen atoms in total. The topological polar surface area (TPSA) is 50.8 Å². The summed E-state index contributed by atoms with van der Waals surface area (Å²) in [6.07, 6.45) is 1.80. The van der Waals surface area contributed by atoms with Gasteiger partial charge in [0.05, 0.1) is 18.9 Å². The van der Waals surface area contributed by atoms with Crippen molar-refractivity contribution in [3.63, 3.8) is 0 Å². The maximum atomic E-state index is 12.4. The molecule has 1 aromatic carbocycles. The van der Waals surface area contributed by atoms with E-state index >= 15 is 0 Å². The van der Waals surface area contributed by atoms with E-state index in [1.807, 2.05) is 47.9 Å². The Morgan fingerprint density at radius 1 is 1.41 bits per heavy atom. The van der Waals surface area contributed by atoms with Crippen molar-refractivity contribution in [2.45, 2.75) is 24.7 Å². The Morgan fingerprint density at radius 2 is 2.18 bits per heavy atom. The van der Waals surface area contributed by atoms with E-state index in [0.717, 1.165) is 44.0 Å². The molecule has 2 amide bonds. The summed E-state index contributed by atoms with van der Waals surface area (Å²) in [4.78, 5) is 14.3. The molecular formula is C16H22N2O3S. The van der Waals surface area contributed by atoms with Crippen LogP contribution >= 0.6 is 11.8 Å². The number of rotatable bonds is 3. The molecule has 1 N–H and O–H groups in total. The zero-order valence-corrected chi connectivity index (χ0v) is 13.7. The molecule has 1 spiro atoms. The molecule has 0 saturated carbocycles. The van der Waals surface area contributed by atoms with Gasteiger partial charge in [0.2, 0.25) is 0 Å². The molecule has 0 radical (unpaired) electrons. The minimum absolute atomic E-state index is 0.0417. The van der Waals surface area contributed by atoms with Crippen LogP contribution < -0.4 is 10.1 Å². The lowest BCUT2D eigenvalue weighted by Crippen LogP contribution is -2.46. The Morgan fingerprint density at radius 3 is 2.86 bits per heavy atom. The molecule has 2 aliphatic rings. The summed E-state index contributed by atoms with van der Waals surface area (Å²) < 4.78 is 11.4. The number of benzene rings is 1. The molecule has 120 valence electrons. The first-order chi connectivity index (χ1) is 10.7. The van der Waals surface area contributed by atoms with Crippen LogP contribution in [0.15, 0.2) is 24.3 Å². The molecule has 2 aliphatic heterocycles. The molecule has 0 aromatic heterocycles. The van der Waals surface area contributed by atoms with E-state index in [2.05, 4.69) is 5.32 Å². The normalized spacial score (nSPS) is 20.1. The van der Waals surface area contributed by atoms with Gasteiger partial charge in [0.15, 0.2) is 0 Å². The lowest BCUT2D eigenvalue weighted by molar-refractivity contribution is 0.0105. The van der Waals surface area contributed by atoms with Crippen LogP contribution in [0.2, 0.25) is 0 Å². The molecular weight excluding hydrogens is 300 g/mol. The van der Waals surface area contributed by atoms with Crippen LogP contribution in [0.1, 0.15) is 19.8 Å². The summed E-state index contributed by atoms with van der Waals surface area (Å²) in [5, 5.41) is 2.96. The highest BCUT2D eigenvalue weighted by molar-refractivity contribution is 8.00. The van der Waals surface area contributed by atoms with Crippen LogP contribution in [0.5, 0.6) is 5.75 Å².